The Morgan fingerprint density at radius 1 is 1.18 bits per heavy atom. The molecule has 1 aromatic heterocycles. The lowest BCUT2D eigenvalue weighted by atomic mass is 10.1. The number of aliphatic hydroxyl groups is 1. The van der Waals surface area contributed by atoms with Crippen LogP contribution in [0, 0.1) is 0 Å². The Kier molecular flexibility index (Phi) is 6.39. The van der Waals surface area contributed by atoms with Gasteiger partial charge in [-0.05, 0) is 67.9 Å². The minimum Gasteiger partial charge on any atom is -0.491 e. The minimum atomic E-state index is -0.237. The first-order valence-electron chi connectivity index (χ1n) is 9.07. The van der Waals surface area contributed by atoms with E-state index in [1.54, 1.807) is 54.6 Å². The Hall–Kier alpha value is -2.76. The number of aliphatic hydroxyl groups excluding tert-OH is 1. The number of carbonyl (C=O) groups is 1. The minimum absolute atomic E-state index is 0.128. The van der Waals surface area contributed by atoms with Crippen LogP contribution in [0.25, 0.3) is 11.3 Å². The van der Waals surface area contributed by atoms with Crippen LogP contribution in [0.3, 0.4) is 0 Å². The zero-order chi connectivity index (χ0) is 20.1. The van der Waals surface area contributed by atoms with Gasteiger partial charge in [-0.1, -0.05) is 18.5 Å². The van der Waals surface area contributed by atoms with Gasteiger partial charge >= 0.3 is 0 Å². The second-order valence-corrected chi connectivity index (χ2v) is 6.84. The molecule has 0 bridgehead atoms. The molecule has 3 rings (SSSR count). The van der Waals surface area contributed by atoms with Crippen LogP contribution in [-0.4, -0.2) is 17.1 Å². The highest BCUT2D eigenvalue weighted by Crippen LogP contribution is 2.32. The van der Waals surface area contributed by atoms with E-state index < -0.39 is 0 Å². The average Bonchev–Trinajstić information content (AvgIpc) is 3.17. The normalized spacial score (nSPS) is 11.9. The molecule has 1 amide bonds. The lowest BCUT2D eigenvalue weighted by Crippen LogP contribution is -2.12. The lowest BCUT2D eigenvalue weighted by Gasteiger charge is -2.13. The third-order valence-corrected chi connectivity index (χ3v) is 4.65. The third-order valence-electron chi connectivity index (χ3n) is 4.34. The number of hydrogen-bond donors (Lipinski definition) is 2. The summed E-state index contributed by atoms with van der Waals surface area (Å²) in [4.78, 5) is 12.5. The third kappa shape index (κ3) is 4.74. The highest BCUT2D eigenvalue weighted by atomic mass is 35.5. The van der Waals surface area contributed by atoms with Gasteiger partial charge in [0.1, 0.15) is 23.9 Å². The van der Waals surface area contributed by atoms with Crippen LogP contribution in [0.4, 0.5) is 5.69 Å². The van der Waals surface area contributed by atoms with Crippen LogP contribution in [0.1, 0.15) is 36.4 Å². The van der Waals surface area contributed by atoms with E-state index in [1.165, 1.54) is 0 Å². The number of ether oxygens (including phenoxy) is 1. The summed E-state index contributed by atoms with van der Waals surface area (Å²) in [5.41, 5.74) is 1.79. The molecule has 0 radical (unpaired) electrons. The molecule has 1 heterocycles. The van der Waals surface area contributed by atoms with Gasteiger partial charge in [-0.15, -0.1) is 0 Å². The van der Waals surface area contributed by atoms with Crippen LogP contribution in [-0.2, 0) is 6.61 Å². The van der Waals surface area contributed by atoms with Gasteiger partial charge in [-0.3, -0.25) is 4.79 Å². The van der Waals surface area contributed by atoms with Crippen LogP contribution in [0.15, 0.2) is 59.0 Å². The number of furan rings is 1. The molecule has 1 atom stereocenters. The molecule has 2 aromatic carbocycles. The lowest BCUT2D eigenvalue weighted by molar-refractivity contribution is 0.102. The van der Waals surface area contributed by atoms with Crippen molar-refractivity contribution < 1.29 is 19.1 Å². The Bertz CT molecular complexity index is 949. The fourth-order valence-corrected chi connectivity index (χ4v) is 2.88. The summed E-state index contributed by atoms with van der Waals surface area (Å²) in [7, 11) is 0. The molecule has 0 fully saturated rings. The highest BCUT2D eigenvalue weighted by molar-refractivity contribution is 6.33. The van der Waals surface area contributed by atoms with Crippen molar-refractivity contribution in [3.63, 3.8) is 0 Å². The molecule has 0 unspecified atom stereocenters. The monoisotopic (exact) mass is 399 g/mol. The summed E-state index contributed by atoms with van der Waals surface area (Å²) in [6.07, 6.45) is 1.04. The zero-order valence-corrected chi connectivity index (χ0v) is 16.5. The number of anilines is 1. The molecular formula is C22H22ClNO4. The Morgan fingerprint density at radius 2 is 1.93 bits per heavy atom. The molecule has 0 saturated heterocycles. The van der Waals surface area contributed by atoms with E-state index in [9.17, 15) is 4.79 Å². The molecule has 0 saturated carbocycles. The standard InChI is InChI=1S/C22H22ClNO4/c1-3-14(2)27-17-7-4-15(5-8-17)22(26)24-16-6-10-19(20(23)12-16)21-11-9-18(13-25)28-21/h4-12,14,25H,3,13H2,1-2H3,(H,24,26)/t14-/m0/s1. The fourth-order valence-electron chi connectivity index (χ4n) is 2.60. The molecule has 0 aliphatic carbocycles. The predicted octanol–water partition coefficient (Wildman–Crippen LogP) is 5.52. The van der Waals surface area contributed by atoms with Gasteiger partial charge in [-0.25, -0.2) is 0 Å². The van der Waals surface area contributed by atoms with Gasteiger partial charge in [0.05, 0.1) is 11.1 Å². The molecule has 5 nitrogen and oxygen atoms in total. The first kappa shape index (κ1) is 20.0. The molecule has 0 spiro atoms. The molecule has 28 heavy (non-hydrogen) atoms. The number of halogens is 1. The van der Waals surface area contributed by atoms with E-state index in [1.807, 2.05) is 6.92 Å². The smallest absolute Gasteiger partial charge is 0.255 e. The van der Waals surface area contributed by atoms with E-state index in [2.05, 4.69) is 12.2 Å². The Labute approximate surface area is 168 Å². The maximum atomic E-state index is 12.5. The highest BCUT2D eigenvalue weighted by Gasteiger charge is 2.12. The van der Waals surface area contributed by atoms with E-state index in [-0.39, 0.29) is 18.6 Å². The maximum absolute atomic E-state index is 12.5. The van der Waals surface area contributed by atoms with Gasteiger partial charge in [0.2, 0.25) is 0 Å². The SMILES string of the molecule is CC[C@H](C)Oc1ccc(C(=O)Nc2ccc(-c3ccc(CO)o3)c(Cl)c2)cc1. The molecule has 6 heteroatoms. The van der Waals surface area contributed by atoms with Crippen LogP contribution >= 0.6 is 11.6 Å². The predicted molar refractivity (Wildman–Crippen MR) is 110 cm³/mol. The van der Waals surface area contributed by atoms with Crippen molar-refractivity contribution in [1.29, 1.82) is 0 Å². The molecule has 0 aliphatic rings. The van der Waals surface area contributed by atoms with E-state index >= 15 is 0 Å². The summed E-state index contributed by atoms with van der Waals surface area (Å²) >= 11 is 6.34. The number of nitrogens with one attached hydrogen (secondary N) is 1. The number of rotatable bonds is 7. The number of benzene rings is 2. The van der Waals surface area contributed by atoms with Gasteiger partial charge < -0.3 is 19.6 Å². The second-order valence-electron chi connectivity index (χ2n) is 6.43. The van der Waals surface area contributed by atoms with Crippen LogP contribution < -0.4 is 10.1 Å². The number of carbonyl (C=O) groups excluding carboxylic acids is 1. The summed E-state index contributed by atoms with van der Waals surface area (Å²) < 4.78 is 11.2. The van der Waals surface area contributed by atoms with Gasteiger partial charge in [-0.2, -0.15) is 0 Å². The van der Waals surface area contributed by atoms with Crippen molar-refractivity contribution in [3.05, 3.63) is 70.9 Å². The van der Waals surface area contributed by atoms with Crippen LogP contribution in [0.2, 0.25) is 5.02 Å². The fraction of sp³-hybridized carbons (Fsp3) is 0.227. The first-order chi connectivity index (χ1) is 13.5. The van der Waals surface area contributed by atoms with Crippen molar-refractivity contribution in [3.8, 4) is 17.1 Å². The summed E-state index contributed by atoms with van der Waals surface area (Å²) in [5, 5.41) is 12.4. The quantitative estimate of drug-likeness (QED) is 0.548. The van der Waals surface area contributed by atoms with E-state index in [4.69, 9.17) is 25.9 Å². The van der Waals surface area contributed by atoms with E-state index in [0.717, 1.165) is 12.2 Å². The summed E-state index contributed by atoms with van der Waals surface area (Å²) in [6, 6.07) is 15.6. The van der Waals surface area contributed by atoms with Crippen molar-refractivity contribution >= 4 is 23.2 Å². The zero-order valence-electron chi connectivity index (χ0n) is 15.7. The Balaban J connectivity index is 1.69. The van der Waals surface area contributed by atoms with Gasteiger partial charge in [0.15, 0.2) is 0 Å². The van der Waals surface area contributed by atoms with Gasteiger partial charge in [0, 0.05) is 16.8 Å². The molecule has 3 aromatic rings. The molecule has 2 N–H and O–H groups in total. The van der Waals surface area contributed by atoms with Crippen molar-refractivity contribution in [2.75, 3.05) is 5.32 Å². The Morgan fingerprint density at radius 3 is 2.54 bits per heavy atom. The maximum Gasteiger partial charge on any atom is 0.255 e. The van der Waals surface area contributed by atoms with Crippen LogP contribution in [0.5, 0.6) is 5.75 Å². The molecular weight excluding hydrogens is 378 g/mol. The second kappa shape index (κ2) is 8.95. The number of hydrogen-bond acceptors (Lipinski definition) is 4. The van der Waals surface area contributed by atoms with Gasteiger partial charge in [0.25, 0.3) is 5.91 Å². The van der Waals surface area contributed by atoms with Crippen molar-refractivity contribution in [1.82, 2.24) is 0 Å². The summed E-state index contributed by atoms with van der Waals surface area (Å²) in [6.45, 7) is 3.88. The largest absolute Gasteiger partial charge is 0.491 e. The molecule has 146 valence electrons. The van der Waals surface area contributed by atoms with Crippen molar-refractivity contribution in [2.24, 2.45) is 0 Å². The summed E-state index contributed by atoms with van der Waals surface area (Å²) in [5.74, 6) is 1.52. The average molecular weight is 400 g/mol. The first-order valence-corrected chi connectivity index (χ1v) is 9.45. The van der Waals surface area contributed by atoms with Crippen molar-refractivity contribution in [2.45, 2.75) is 33.0 Å². The number of amides is 1. The van der Waals surface area contributed by atoms with E-state index in [0.29, 0.717) is 33.4 Å². The molecule has 0 aliphatic heterocycles. The topological polar surface area (TPSA) is 71.7 Å².